The minimum Gasteiger partial charge on any atom is -0.385 e. The number of likely N-dealkylation sites (tertiary alicyclic amines) is 1. The molecule has 1 aliphatic heterocycles. The van der Waals surface area contributed by atoms with Crippen molar-refractivity contribution >= 4 is 5.91 Å². The van der Waals surface area contributed by atoms with Gasteiger partial charge >= 0.3 is 0 Å². The summed E-state index contributed by atoms with van der Waals surface area (Å²) < 4.78 is 4.87. The molecule has 1 amide bonds. The molecule has 0 atom stereocenters. The Labute approximate surface area is 79.0 Å². The van der Waals surface area contributed by atoms with Gasteiger partial charge in [-0.3, -0.25) is 4.79 Å². The molecule has 1 heterocycles. The number of ether oxygens (including phenoxy) is 1. The van der Waals surface area contributed by atoms with E-state index in [4.69, 9.17) is 10.5 Å². The van der Waals surface area contributed by atoms with Crippen molar-refractivity contribution in [2.24, 2.45) is 5.73 Å². The Hall–Kier alpha value is -0.610. The molecular weight excluding hydrogens is 168 g/mol. The van der Waals surface area contributed by atoms with Crippen LogP contribution < -0.4 is 5.73 Å². The summed E-state index contributed by atoms with van der Waals surface area (Å²) in [7, 11) is 1.64. The highest BCUT2D eigenvalue weighted by Crippen LogP contribution is 2.18. The minimum atomic E-state index is -0.156. The number of nitrogens with two attached hydrogens (primary N) is 1. The summed E-state index contributed by atoms with van der Waals surface area (Å²) in [5.74, 6) is 0.194. The summed E-state index contributed by atoms with van der Waals surface area (Å²) in [4.78, 5) is 13.2. The van der Waals surface area contributed by atoms with Gasteiger partial charge in [-0.05, 0) is 13.3 Å². The Morgan fingerprint density at radius 1 is 1.62 bits per heavy atom. The fourth-order valence-electron chi connectivity index (χ4n) is 1.53. The fraction of sp³-hybridized carbons (Fsp3) is 0.889. The molecule has 0 radical (unpaired) electrons. The van der Waals surface area contributed by atoms with Crippen molar-refractivity contribution in [3.63, 3.8) is 0 Å². The molecule has 2 N–H and O–H groups in total. The van der Waals surface area contributed by atoms with Crippen LogP contribution in [0.2, 0.25) is 0 Å². The molecule has 0 bridgehead atoms. The molecule has 0 aromatic heterocycles. The molecule has 0 unspecified atom stereocenters. The molecular formula is C9H18N2O2. The molecule has 0 saturated carbocycles. The highest BCUT2D eigenvalue weighted by atomic mass is 16.5. The zero-order chi connectivity index (χ0) is 9.90. The molecule has 1 fully saturated rings. The Balaban J connectivity index is 2.12. The van der Waals surface area contributed by atoms with Crippen LogP contribution in [0, 0.1) is 0 Å². The van der Waals surface area contributed by atoms with E-state index in [0.29, 0.717) is 26.1 Å². The van der Waals surface area contributed by atoms with E-state index in [-0.39, 0.29) is 11.4 Å². The van der Waals surface area contributed by atoms with E-state index in [1.165, 1.54) is 0 Å². The van der Waals surface area contributed by atoms with Gasteiger partial charge in [-0.1, -0.05) is 0 Å². The van der Waals surface area contributed by atoms with Crippen molar-refractivity contribution in [2.45, 2.75) is 25.3 Å². The molecule has 1 aliphatic rings. The Morgan fingerprint density at radius 2 is 2.23 bits per heavy atom. The second kappa shape index (κ2) is 4.07. The average Bonchev–Trinajstić information content (AvgIpc) is 2.00. The van der Waals surface area contributed by atoms with Crippen LogP contribution in [0.25, 0.3) is 0 Å². The van der Waals surface area contributed by atoms with Crippen molar-refractivity contribution in [1.82, 2.24) is 4.90 Å². The number of amides is 1. The van der Waals surface area contributed by atoms with E-state index in [9.17, 15) is 4.79 Å². The lowest BCUT2D eigenvalue weighted by atomic mass is 9.93. The van der Waals surface area contributed by atoms with Crippen molar-refractivity contribution in [3.05, 3.63) is 0 Å². The van der Waals surface area contributed by atoms with Gasteiger partial charge in [0.05, 0.1) is 0 Å². The lowest BCUT2D eigenvalue weighted by Crippen LogP contribution is -2.66. The van der Waals surface area contributed by atoms with Gasteiger partial charge in [-0.15, -0.1) is 0 Å². The Bertz CT molecular complexity index is 184. The third-order valence-corrected chi connectivity index (χ3v) is 2.20. The first-order chi connectivity index (χ1) is 6.05. The largest absolute Gasteiger partial charge is 0.385 e. The molecule has 0 spiro atoms. The zero-order valence-corrected chi connectivity index (χ0v) is 8.38. The first-order valence-corrected chi connectivity index (χ1v) is 4.61. The van der Waals surface area contributed by atoms with Gasteiger partial charge < -0.3 is 15.4 Å². The molecule has 1 saturated heterocycles. The standard InChI is InChI=1S/C9H18N2O2/c1-9(10)6-11(7-9)8(12)4-3-5-13-2/h3-7,10H2,1-2H3. The van der Waals surface area contributed by atoms with E-state index in [0.717, 1.165) is 6.42 Å². The number of carbonyl (C=O) groups is 1. The highest BCUT2D eigenvalue weighted by molar-refractivity contribution is 5.77. The van der Waals surface area contributed by atoms with Gasteiger partial charge in [0, 0.05) is 38.8 Å². The van der Waals surface area contributed by atoms with Crippen molar-refractivity contribution < 1.29 is 9.53 Å². The van der Waals surface area contributed by atoms with Gasteiger partial charge in [-0.2, -0.15) is 0 Å². The molecule has 4 heteroatoms. The smallest absolute Gasteiger partial charge is 0.222 e. The monoisotopic (exact) mass is 186 g/mol. The van der Waals surface area contributed by atoms with Gasteiger partial charge in [-0.25, -0.2) is 0 Å². The molecule has 0 aromatic carbocycles. The van der Waals surface area contributed by atoms with Crippen LogP contribution in [0.4, 0.5) is 0 Å². The number of methoxy groups -OCH3 is 1. The lowest BCUT2D eigenvalue weighted by Gasteiger charge is -2.45. The average molecular weight is 186 g/mol. The Kier molecular flexibility index (Phi) is 3.27. The van der Waals surface area contributed by atoms with E-state index in [1.807, 2.05) is 6.92 Å². The number of rotatable bonds is 4. The normalized spacial score (nSPS) is 19.8. The first kappa shape index (κ1) is 10.5. The number of nitrogens with zero attached hydrogens (tertiary/aromatic N) is 1. The van der Waals surface area contributed by atoms with E-state index < -0.39 is 0 Å². The van der Waals surface area contributed by atoms with Crippen molar-refractivity contribution in [2.75, 3.05) is 26.8 Å². The van der Waals surface area contributed by atoms with E-state index in [1.54, 1.807) is 12.0 Å². The number of carbonyl (C=O) groups excluding carboxylic acids is 1. The summed E-state index contributed by atoms with van der Waals surface area (Å²) in [5, 5.41) is 0. The summed E-state index contributed by atoms with van der Waals surface area (Å²) in [6, 6.07) is 0. The molecule has 0 aliphatic carbocycles. The first-order valence-electron chi connectivity index (χ1n) is 4.61. The minimum absolute atomic E-state index is 0.156. The van der Waals surface area contributed by atoms with Gasteiger partial charge in [0.15, 0.2) is 0 Å². The topological polar surface area (TPSA) is 55.6 Å². The Morgan fingerprint density at radius 3 is 2.69 bits per heavy atom. The quantitative estimate of drug-likeness (QED) is 0.627. The van der Waals surface area contributed by atoms with Crippen LogP contribution >= 0.6 is 0 Å². The third-order valence-electron chi connectivity index (χ3n) is 2.20. The molecule has 1 rings (SSSR count). The summed E-state index contributed by atoms with van der Waals surface area (Å²) in [6.45, 7) is 4.00. The maximum absolute atomic E-state index is 11.4. The van der Waals surface area contributed by atoms with Crippen molar-refractivity contribution in [3.8, 4) is 0 Å². The number of hydrogen-bond donors (Lipinski definition) is 1. The van der Waals surface area contributed by atoms with Crippen LogP contribution in [0.5, 0.6) is 0 Å². The maximum Gasteiger partial charge on any atom is 0.222 e. The molecule has 0 aromatic rings. The van der Waals surface area contributed by atoms with Crippen LogP contribution in [0.1, 0.15) is 19.8 Å². The van der Waals surface area contributed by atoms with Gasteiger partial charge in [0.25, 0.3) is 0 Å². The van der Waals surface area contributed by atoms with Crippen LogP contribution in [0.15, 0.2) is 0 Å². The summed E-state index contributed by atoms with van der Waals surface area (Å²) in [5.41, 5.74) is 5.63. The molecule has 4 nitrogen and oxygen atoms in total. The molecule has 76 valence electrons. The third kappa shape index (κ3) is 2.97. The maximum atomic E-state index is 11.4. The second-order valence-electron chi connectivity index (χ2n) is 4.00. The second-order valence-corrected chi connectivity index (χ2v) is 4.00. The van der Waals surface area contributed by atoms with E-state index >= 15 is 0 Å². The summed E-state index contributed by atoms with van der Waals surface area (Å²) >= 11 is 0. The zero-order valence-electron chi connectivity index (χ0n) is 8.38. The van der Waals surface area contributed by atoms with Crippen LogP contribution in [0.3, 0.4) is 0 Å². The van der Waals surface area contributed by atoms with Gasteiger partial charge in [0.1, 0.15) is 0 Å². The fourth-order valence-corrected chi connectivity index (χ4v) is 1.53. The SMILES string of the molecule is COCCCC(=O)N1CC(C)(N)C1. The number of hydrogen-bond acceptors (Lipinski definition) is 3. The van der Waals surface area contributed by atoms with Gasteiger partial charge in [0.2, 0.25) is 5.91 Å². The van der Waals surface area contributed by atoms with E-state index in [2.05, 4.69) is 0 Å². The summed E-state index contributed by atoms with van der Waals surface area (Å²) in [6.07, 6.45) is 1.37. The van der Waals surface area contributed by atoms with Crippen LogP contribution in [-0.4, -0.2) is 43.2 Å². The van der Waals surface area contributed by atoms with Crippen molar-refractivity contribution in [1.29, 1.82) is 0 Å². The lowest BCUT2D eigenvalue weighted by molar-refractivity contribution is -0.138. The highest BCUT2D eigenvalue weighted by Gasteiger charge is 2.37. The van der Waals surface area contributed by atoms with Crippen LogP contribution in [-0.2, 0) is 9.53 Å². The predicted octanol–water partition coefficient (Wildman–Crippen LogP) is -0.0274. The predicted molar refractivity (Wildman–Crippen MR) is 50.3 cm³/mol. The molecule has 13 heavy (non-hydrogen) atoms.